The standard InChI is InChI=1S/C9H10BrNO5S/c10-6-1-3-7(4-2-6)17(15,16)11-5-8(12)9(13)14/h1-4,8,11-12H,5H2,(H,13,14)/t8-/m0/s1. The number of carboxylic acid groups (broad SMARTS) is 1. The van der Waals surface area contributed by atoms with Crippen molar-refractivity contribution < 1.29 is 23.4 Å². The summed E-state index contributed by atoms with van der Waals surface area (Å²) in [5.74, 6) is -1.48. The lowest BCUT2D eigenvalue weighted by Gasteiger charge is -2.08. The molecule has 8 heteroatoms. The van der Waals surface area contributed by atoms with Crippen LogP contribution in [0, 0.1) is 0 Å². The fourth-order valence-corrected chi connectivity index (χ4v) is 2.28. The van der Waals surface area contributed by atoms with Crippen molar-refractivity contribution in [2.45, 2.75) is 11.0 Å². The average molecular weight is 324 g/mol. The van der Waals surface area contributed by atoms with Gasteiger partial charge in [0.15, 0.2) is 6.10 Å². The Morgan fingerprint density at radius 1 is 1.35 bits per heavy atom. The van der Waals surface area contributed by atoms with Crippen molar-refractivity contribution >= 4 is 31.9 Å². The summed E-state index contributed by atoms with van der Waals surface area (Å²) >= 11 is 3.16. The molecule has 0 unspecified atom stereocenters. The molecule has 1 aromatic carbocycles. The average Bonchev–Trinajstić information content (AvgIpc) is 2.26. The van der Waals surface area contributed by atoms with E-state index in [0.717, 1.165) is 4.47 Å². The van der Waals surface area contributed by atoms with Gasteiger partial charge in [-0.05, 0) is 24.3 Å². The molecule has 1 atom stereocenters. The van der Waals surface area contributed by atoms with Crippen molar-refractivity contribution in [1.82, 2.24) is 4.72 Å². The van der Waals surface area contributed by atoms with Crippen LogP contribution < -0.4 is 4.72 Å². The third kappa shape index (κ3) is 4.08. The Balaban J connectivity index is 2.76. The van der Waals surface area contributed by atoms with Crippen LogP contribution in [0.15, 0.2) is 33.6 Å². The first-order valence-electron chi connectivity index (χ1n) is 4.49. The minimum absolute atomic E-state index is 0.00158. The van der Waals surface area contributed by atoms with Crippen molar-refractivity contribution in [3.05, 3.63) is 28.7 Å². The lowest BCUT2D eigenvalue weighted by molar-refractivity contribution is -0.146. The van der Waals surface area contributed by atoms with Crippen LogP contribution in [0.5, 0.6) is 0 Å². The van der Waals surface area contributed by atoms with Gasteiger partial charge in [-0.15, -0.1) is 0 Å². The predicted molar refractivity (Wildman–Crippen MR) is 63.0 cm³/mol. The molecule has 94 valence electrons. The molecule has 0 aromatic heterocycles. The van der Waals surface area contributed by atoms with Crippen molar-refractivity contribution in [3.63, 3.8) is 0 Å². The Hall–Kier alpha value is -0.960. The highest BCUT2D eigenvalue weighted by Crippen LogP contribution is 2.14. The summed E-state index contributed by atoms with van der Waals surface area (Å²) in [4.78, 5) is 10.3. The summed E-state index contributed by atoms with van der Waals surface area (Å²) in [5.41, 5.74) is 0. The van der Waals surface area contributed by atoms with Crippen molar-refractivity contribution in [3.8, 4) is 0 Å². The van der Waals surface area contributed by atoms with E-state index in [1.807, 2.05) is 4.72 Å². The Kier molecular flexibility index (Phi) is 4.63. The number of benzene rings is 1. The highest BCUT2D eigenvalue weighted by Gasteiger charge is 2.19. The predicted octanol–water partition coefficient (Wildman–Crippen LogP) is 0.173. The molecule has 0 aliphatic rings. The molecule has 0 aliphatic heterocycles. The summed E-state index contributed by atoms with van der Waals surface area (Å²) in [6.07, 6.45) is -1.76. The van der Waals surface area contributed by atoms with Crippen LogP contribution in [0.4, 0.5) is 0 Å². The van der Waals surface area contributed by atoms with E-state index in [-0.39, 0.29) is 4.90 Å². The lowest BCUT2D eigenvalue weighted by Crippen LogP contribution is -2.36. The zero-order valence-electron chi connectivity index (χ0n) is 8.50. The monoisotopic (exact) mass is 323 g/mol. The molecular formula is C9H10BrNO5S. The largest absolute Gasteiger partial charge is 0.479 e. The highest BCUT2D eigenvalue weighted by molar-refractivity contribution is 9.10. The van der Waals surface area contributed by atoms with Gasteiger partial charge in [0.05, 0.1) is 4.90 Å². The van der Waals surface area contributed by atoms with Gasteiger partial charge in [0.1, 0.15) is 0 Å². The minimum atomic E-state index is -3.80. The number of aliphatic carboxylic acids is 1. The number of nitrogens with one attached hydrogen (secondary N) is 1. The molecule has 3 N–H and O–H groups in total. The number of carboxylic acids is 1. The van der Waals surface area contributed by atoms with E-state index >= 15 is 0 Å². The Morgan fingerprint density at radius 3 is 2.35 bits per heavy atom. The maximum Gasteiger partial charge on any atom is 0.333 e. The van der Waals surface area contributed by atoms with Crippen molar-refractivity contribution in [2.24, 2.45) is 0 Å². The Bertz CT molecular complexity index is 499. The second kappa shape index (κ2) is 5.58. The van der Waals surface area contributed by atoms with Gasteiger partial charge in [0.2, 0.25) is 10.0 Å². The summed E-state index contributed by atoms with van der Waals surface area (Å²) in [7, 11) is -3.80. The summed E-state index contributed by atoms with van der Waals surface area (Å²) in [6, 6.07) is 5.81. The Morgan fingerprint density at radius 2 is 1.88 bits per heavy atom. The van der Waals surface area contributed by atoms with Gasteiger partial charge in [-0.1, -0.05) is 15.9 Å². The van der Waals surface area contributed by atoms with Gasteiger partial charge in [0.25, 0.3) is 0 Å². The Labute approximate surface area is 106 Å². The van der Waals surface area contributed by atoms with Gasteiger partial charge >= 0.3 is 5.97 Å². The van der Waals surface area contributed by atoms with Gasteiger partial charge in [0, 0.05) is 11.0 Å². The summed E-state index contributed by atoms with van der Waals surface area (Å²) in [5, 5.41) is 17.3. The third-order valence-electron chi connectivity index (χ3n) is 1.88. The zero-order valence-corrected chi connectivity index (χ0v) is 10.9. The van der Waals surface area contributed by atoms with Crippen LogP contribution in [0.3, 0.4) is 0 Å². The molecule has 0 aliphatic carbocycles. The lowest BCUT2D eigenvalue weighted by atomic mass is 10.4. The maximum absolute atomic E-state index is 11.6. The van der Waals surface area contributed by atoms with Crippen LogP contribution >= 0.6 is 15.9 Å². The van der Waals surface area contributed by atoms with E-state index < -0.39 is 28.6 Å². The first kappa shape index (κ1) is 14.1. The SMILES string of the molecule is O=C(O)[C@@H](O)CNS(=O)(=O)c1ccc(Br)cc1. The first-order valence-corrected chi connectivity index (χ1v) is 6.76. The number of hydrogen-bond acceptors (Lipinski definition) is 4. The smallest absolute Gasteiger partial charge is 0.333 e. The molecule has 0 saturated carbocycles. The van der Waals surface area contributed by atoms with Gasteiger partial charge < -0.3 is 10.2 Å². The van der Waals surface area contributed by atoms with E-state index in [0.29, 0.717) is 0 Å². The molecule has 0 amide bonds. The number of hydrogen-bond donors (Lipinski definition) is 3. The number of rotatable bonds is 5. The number of halogens is 1. The van der Waals surface area contributed by atoms with Crippen LogP contribution in [-0.4, -0.2) is 37.2 Å². The highest BCUT2D eigenvalue weighted by atomic mass is 79.9. The molecule has 17 heavy (non-hydrogen) atoms. The normalized spacial score (nSPS) is 13.3. The van der Waals surface area contributed by atoms with Gasteiger partial charge in [-0.3, -0.25) is 0 Å². The topological polar surface area (TPSA) is 104 Å². The van der Waals surface area contributed by atoms with Crippen LogP contribution in [0.1, 0.15) is 0 Å². The summed E-state index contributed by atoms with van der Waals surface area (Å²) in [6.45, 7) is -0.576. The van der Waals surface area contributed by atoms with Crippen LogP contribution in [0.25, 0.3) is 0 Å². The fraction of sp³-hybridized carbons (Fsp3) is 0.222. The molecule has 6 nitrogen and oxygen atoms in total. The minimum Gasteiger partial charge on any atom is -0.479 e. The second-order valence-electron chi connectivity index (χ2n) is 3.16. The zero-order chi connectivity index (χ0) is 13.1. The van der Waals surface area contributed by atoms with Crippen LogP contribution in [0.2, 0.25) is 0 Å². The number of carbonyl (C=O) groups is 1. The molecule has 0 spiro atoms. The number of sulfonamides is 1. The van der Waals surface area contributed by atoms with Gasteiger partial charge in [-0.25, -0.2) is 17.9 Å². The molecule has 1 rings (SSSR count). The van der Waals surface area contributed by atoms with Crippen LogP contribution in [-0.2, 0) is 14.8 Å². The van der Waals surface area contributed by atoms with E-state index in [4.69, 9.17) is 10.2 Å². The van der Waals surface area contributed by atoms with E-state index in [9.17, 15) is 13.2 Å². The van der Waals surface area contributed by atoms with Gasteiger partial charge in [-0.2, -0.15) is 0 Å². The van der Waals surface area contributed by atoms with Crippen molar-refractivity contribution in [1.29, 1.82) is 0 Å². The quantitative estimate of drug-likeness (QED) is 0.716. The van der Waals surface area contributed by atoms with Crippen molar-refractivity contribution in [2.75, 3.05) is 6.54 Å². The van der Waals surface area contributed by atoms with E-state index in [2.05, 4.69) is 15.9 Å². The molecule has 0 radical (unpaired) electrons. The first-order chi connectivity index (χ1) is 7.83. The number of aliphatic hydroxyl groups is 1. The summed E-state index contributed by atoms with van der Waals surface area (Å²) < 4.78 is 26.0. The molecule has 0 saturated heterocycles. The molecule has 0 heterocycles. The van der Waals surface area contributed by atoms with E-state index in [1.165, 1.54) is 12.1 Å². The number of aliphatic hydroxyl groups excluding tert-OH is 1. The van der Waals surface area contributed by atoms with E-state index in [1.54, 1.807) is 12.1 Å². The molecule has 0 bridgehead atoms. The second-order valence-corrected chi connectivity index (χ2v) is 5.84. The fourth-order valence-electron chi connectivity index (χ4n) is 0.973. The third-order valence-corrected chi connectivity index (χ3v) is 3.84. The molecular weight excluding hydrogens is 314 g/mol. The molecule has 1 aromatic rings. The molecule has 0 fully saturated rings. The maximum atomic E-state index is 11.6.